The van der Waals surface area contributed by atoms with E-state index in [0.717, 1.165) is 24.0 Å². The molecule has 3 amide bonds. The summed E-state index contributed by atoms with van der Waals surface area (Å²) in [6.07, 6.45) is 10.0. The molecule has 2 aliphatic rings. The maximum atomic E-state index is 13.0. The first kappa shape index (κ1) is 42.0. The van der Waals surface area contributed by atoms with Gasteiger partial charge in [0.25, 0.3) is 5.91 Å². The first-order chi connectivity index (χ1) is 26.0. The number of hydrogen-bond donors (Lipinski definition) is 5. The summed E-state index contributed by atoms with van der Waals surface area (Å²) in [6, 6.07) is 20.5. The maximum Gasteiger partial charge on any atom is 3.00 e. The van der Waals surface area contributed by atoms with E-state index >= 15 is 0 Å². The molecule has 0 spiro atoms. The van der Waals surface area contributed by atoms with Crippen molar-refractivity contribution in [1.82, 2.24) is 16.0 Å². The van der Waals surface area contributed by atoms with Crippen LogP contribution in [0.5, 0.6) is 5.75 Å². The minimum atomic E-state index is -1.26. The Balaban J connectivity index is 0.00000673. The molecule has 0 bridgehead atoms. The molecule has 0 saturated heterocycles. The fraction of sp³-hybridized carbons (Fsp3) is 0.233. The van der Waals surface area contributed by atoms with Gasteiger partial charge in [-0.15, -0.1) is 0 Å². The monoisotopic (exact) mass is 813 g/mol. The zero-order valence-corrected chi connectivity index (χ0v) is 33.0. The summed E-state index contributed by atoms with van der Waals surface area (Å²) in [5.41, 5.74) is 2.91. The van der Waals surface area contributed by atoms with E-state index in [0.29, 0.717) is 47.9 Å². The first-order valence-corrected chi connectivity index (χ1v) is 17.4. The number of nitrogens with one attached hydrogen (secondary N) is 3. The van der Waals surface area contributed by atoms with Crippen molar-refractivity contribution in [1.29, 1.82) is 0 Å². The number of aromatic hydroxyl groups is 1. The number of carboxylic acids is 1. The van der Waals surface area contributed by atoms with Crippen molar-refractivity contribution in [2.45, 2.75) is 39.0 Å². The summed E-state index contributed by atoms with van der Waals surface area (Å²) in [6.45, 7) is 2.53. The van der Waals surface area contributed by atoms with Gasteiger partial charge in [0.1, 0.15) is 17.1 Å². The molecule has 0 radical (unpaired) electrons. The first-order valence-electron chi connectivity index (χ1n) is 17.4. The van der Waals surface area contributed by atoms with Crippen molar-refractivity contribution < 1.29 is 66.5 Å². The topological polar surface area (TPSA) is 175 Å². The number of unbranched alkanes of at least 4 members (excludes halogenated alkanes) is 2. The predicted molar refractivity (Wildman–Crippen MR) is 203 cm³/mol. The summed E-state index contributed by atoms with van der Waals surface area (Å²) >= 11 is 0. The number of rotatable bonds is 14. The number of carbonyl (C=O) groups is 4. The van der Waals surface area contributed by atoms with Gasteiger partial charge in [0.15, 0.2) is 5.43 Å². The van der Waals surface area contributed by atoms with Crippen LogP contribution in [0.3, 0.4) is 0 Å². The van der Waals surface area contributed by atoms with Crippen LogP contribution in [0.25, 0.3) is 33.4 Å². The van der Waals surface area contributed by atoms with Gasteiger partial charge in [-0.2, -0.15) is 0 Å². The summed E-state index contributed by atoms with van der Waals surface area (Å²) in [7, 11) is 0. The second-order valence-corrected chi connectivity index (χ2v) is 12.7. The second-order valence-electron chi connectivity index (χ2n) is 12.7. The molecule has 1 aliphatic heterocycles. The van der Waals surface area contributed by atoms with Gasteiger partial charge in [-0.05, 0) is 78.9 Å². The molecule has 12 heteroatoms. The molecule has 3 aromatic carbocycles. The number of carboxylic acid groups (broad SMARTS) is 1. The molecule has 274 valence electrons. The van der Waals surface area contributed by atoms with Crippen molar-refractivity contribution >= 4 is 34.7 Å². The summed E-state index contributed by atoms with van der Waals surface area (Å²) < 4.78 is 5.87. The molecule has 1 aliphatic carbocycles. The zero-order chi connectivity index (χ0) is 38.6. The Morgan fingerprint density at radius 3 is 2.36 bits per heavy atom. The van der Waals surface area contributed by atoms with Crippen LogP contribution >= 0.6 is 0 Å². The Morgan fingerprint density at radius 2 is 1.62 bits per heavy atom. The van der Waals surface area contributed by atoms with E-state index in [1.54, 1.807) is 12.1 Å². The van der Waals surface area contributed by atoms with Gasteiger partial charge in [0.2, 0.25) is 11.8 Å². The third kappa shape index (κ3) is 11.4. The predicted octanol–water partition coefficient (Wildman–Crippen LogP) is 5.31. The minimum absolute atomic E-state index is 0. The molecule has 0 aromatic heterocycles. The number of carbonyl (C=O) groups excluding carboxylic acids is 3. The molecule has 3 aromatic rings. The molecule has 1 heterocycles. The van der Waals surface area contributed by atoms with Gasteiger partial charge in [-0.25, -0.2) is 4.79 Å². The Labute approximate surface area is 343 Å². The minimum Gasteiger partial charge on any atom is -0.692 e. The average Bonchev–Trinajstić information content (AvgIpc) is 3.16. The zero-order valence-electron chi connectivity index (χ0n) is 30.2. The van der Waals surface area contributed by atoms with Gasteiger partial charge in [-0.3, -0.25) is 19.2 Å². The Kier molecular flexibility index (Phi) is 15.3. The van der Waals surface area contributed by atoms with Crippen molar-refractivity contribution in [3.63, 3.8) is 0 Å². The number of amides is 3. The molecular weight excluding hydrogens is 775 g/mol. The van der Waals surface area contributed by atoms with Crippen molar-refractivity contribution in [2.75, 3.05) is 19.6 Å². The number of fused-ring (bicyclic) bond motifs is 2. The van der Waals surface area contributed by atoms with Gasteiger partial charge in [0.05, 0.1) is 12.1 Å². The van der Waals surface area contributed by atoms with Crippen LogP contribution in [0.4, 0.5) is 0 Å². The third-order valence-electron chi connectivity index (χ3n) is 8.73. The van der Waals surface area contributed by atoms with E-state index < -0.39 is 11.9 Å². The van der Waals surface area contributed by atoms with E-state index in [-0.39, 0.29) is 97.2 Å². The van der Waals surface area contributed by atoms with Crippen LogP contribution < -0.4 is 21.4 Å². The van der Waals surface area contributed by atoms with Gasteiger partial charge in [0, 0.05) is 65.2 Å². The number of phenols is 1. The van der Waals surface area contributed by atoms with Crippen LogP contribution in [0.15, 0.2) is 88.1 Å². The summed E-state index contributed by atoms with van der Waals surface area (Å²) in [5.74, 6) is 6.02. The second kappa shape index (κ2) is 20.1. The number of aromatic carboxylic acids is 1. The molecule has 11 nitrogen and oxygen atoms in total. The Hall–Kier alpha value is -5.75. The number of phenolic OH excluding ortho intramolecular Hbond substituents is 1. The molecule has 0 fully saturated rings. The number of benzene rings is 4. The molecule has 55 heavy (non-hydrogen) atoms. The van der Waals surface area contributed by atoms with Crippen LogP contribution in [0.2, 0.25) is 0 Å². The summed E-state index contributed by atoms with van der Waals surface area (Å²) in [4.78, 5) is 61.7. The SMILES string of the molecule is [C-]#CCNC(=O)CCCCCNC(=O)C(C)Cc1ccc(C#CCNC(=O)c2ccc(-c3c4ccc(=O)cc-4oc4cc(O)ccc34)c(C(=O)O)c2)cc1.[Y+3]. The van der Waals surface area contributed by atoms with Crippen LogP contribution in [0, 0.1) is 30.1 Å². The third-order valence-corrected chi connectivity index (χ3v) is 8.73. The standard InChI is InChI=1S/C43H38N3O8.Y/c1-3-20-44-39(49)9-5-4-6-21-45-41(50)27(2)23-29-12-10-28(11-13-29)8-7-22-46-42(51)30-14-17-33(36(24-30)43(52)53)40-34-18-15-31(47)25-37(34)54-38-26-32(48)16-19-35(38)40;/h10-19,24-27,47H,4-6,9,20-23H2,2H3,(H,44,49)(H,45,50)(H,46,51)(H,52,53);/q-1;+3. The fourth-order valence-electron chi connectivity index (χ4n) is 5.98. The normalized spacial score (nSPS) is 11.0. The molecule has 0 saturated carbocycles. The van der Waals surface area contributed by atoms with Gasteiger partial charge < -0.3 is 42.9 Å². The van der Waals surface area contributed by atoms with Crippen LogP contribution in [-0.2, 0) is 48.7 Å². The van der Waals surface area contributed by atoms with E-state index in [1.165, 1.54) is 42.5 Å². The van der Waals surface area contributed by atoms with E-state index in [4.69, 9.17) is 10.8 Å². The van der Waals surface area contributed by atoms with E-state index in [1.807, 2.05) is 31.2 Å². The average molecular weight is 814 g/mol. The fourth-order valence-corrected chi connectivity index (χ4v) is 5.98. The smallest absolute Gasteiger partial charge is 0.692 e. The van der Waals surface area contributed by atoms with Crippen LogP contribution in [0.1, 0.15) is 64.4 Å². The quantitative estimate of drug-likeness (QED) is 0.0434. The number of hydrogen-bond acceptors (Lipinski definition) is 7. The molecule has 1 unspecified atom stereocenters. The van der Waals surface area contributed by atoms with Crippen LogP contribution in [-0.4, -0.2) is 53.5 Å². The summed E-state index contributed by atoms with van der Waals surface area (Å²) in [5, 5.41) is 29.0. The van der Waals surface area contributed by atoms with E-state index in [9.17, 15) is 34.2 Å². The van der Waals surface area contributed by atoms with Crippen molar-refractivity contribution in [3.8, 4) is 46.0 Å². The van der Waals surface area contributed by atoms with E-state index in [2.05, 4.69) is 33.7 Å². The Morgan fingerprint density at radius 1 is 0.855 bits per heavy atom. The molecular formula is C43H38N3O8Y+2. The largest absolute Gasteiger partial charge is 3.00 e. The van der Waals surface area contributed by atoms with Crippen molar-refractivity contribution in [2.24, 2.45) is 5.92 Å². The van der Waals surface area contributed by atoms with Gasteiger partial charge in [-0.1, -0.05) is 43.4 Å². The van der Waals surface area contributed by atoms with Crippen molar-refractivity contribution in [3.05, 3.63) is 118 Å². The van der Waals surface area contributed by atoms with Gasteiger partial charge >= 0.3 is 38.7 Å². The molecule has 5 rings (SSSR count). The molecule has 1 atom stereocenters. The maximum absolute atomic E-state index is 13.0. The molecule has 5 N–H and O–H groups in total. The Bertz CT molecular complexity index is 2330.